The normalized spacial score (nSPS) is 51.2. The van der Waals surface area contributed by atoms with Crippen LogP contribution in [0.25, 0.3) is 0 Å². The summed E-state index contributed by atoms with van der Waals surface area (Å²) in [6.45, 7) is 0.947. The number of carbonyl (C=O) groups excluding carboxylic acids is 1. The second kappa shape index (κ2) is 10.7. The highest BCUT2D eigenvalue weighted by atomic mass is 16.8. The van der Waals surface area contributed by atoms with Crippen molar-refractivity contribution in [3.63, 3.8) is 0 Å². The molecule has 15 heteroatoms. The summed E-state index contributed by atoms with van der Waals surface area (Å²) >= 11 is 0. The smallest absolute Gasteiger partial charge is 0.337 e. The van der Waals surface area contributed by atoms with Gasteiger partial charge in [0.2, 0.25) is 0 Å². The minimum Gasteiger partial charge on any atom is -0.467 e. The molecule has 3 aliphatic heterocycles. The summed E-state index contributed by atoms with van der Waals surface area (Å²) in [5.74, 6) is -1.05. The molecule has 15 nitrogen and oxygen atoms in total. The molecule has 0 radical (unpaired) electrons. The van der Waals surface area contributed by atoms with Gasteiger partial charge in [0.1, 0.15) is 54.9 Å². The van der Waals surface area contributed by atoms with Crippen LogP contribution in [-0.4, -0.2) is 147 Å². The van der Waals surface area contributed by atoms with Crippen LogP contribution in [0.5, 0.6) is 0 Å². The fourth-order valence-corrected chi connectivity index (χ4v) is 3.77. The highest BCUT2D eigenvalue weighted by Crippen LogP contribution is 2.31. The third-order valence-corrected chi connectivity index (χ3v) is 5.82. The lowest BCUT2D eigenvalue weighted by Gasteiger charge is -2.46. The molecule has 1 unspecified atom stereocenters. The van der Waals surface area contributed by atoms with Gasteiger partial charge in [-0.25, -0.2) is 4.79 Å². The zero-order chi connectivity index (χ0) is 24.6. The van der Waals surface area contributed by atoms with Crippen LogP contribution in [0.3, 0.4) is 0 Å². The molecule has 0 aromatic rings. The fraction of sp³-hybridized carbons (Fsp3) is 0.944. The molecule has 0 aromatic heterocycles. The maximum atomic E-state index is 11.7. The molecule has 3 heterocycles. The number of rotatable bonds is 5. The number of esters is 1. The number of hydrogen-bond donors (Lipinski definition) is 8. The molecule has 8 N–H and O–H groups in total. The van der Waals surface area contributed by atoms with E-state index in [0.717, 1.165) is 7.11 Å². The first-order valence-corrected chi connectivity index (χ1v) is 10.2. The Bertz CT molecular complexity index is 665. The van der Waals surface area contributed by atoms with Crippen LogP contribution in [0.1, 0.15) is 6.92 Å². The van der Waals surface area contributed by atoms with Crippen molar-refractivity contribution in [2.45, 2.75) is 92.9 Å². The van der Waals surface area contributed by atoms with Gasteiger partial charge in [0.15, 0.2) is 25.0 Å². The Morgan fingerprint density at radius 3 is 2.03 bits per heavy atom. The number of aliphatic hydroxyl groups excluding tert-OH is 8. The molecule has 0 spiro atoms. The predicted octanol–water partition coefficient (Wildman–Crippen LogP) is -5.73. The highest BCUT2D eigenvalue weighted by Gasteiger charge is 2.52. The van der Waals surface area contributed by atoms with Crippen molar-refractivity contribution in [2.75, 3.05) is 13.7 Å². The topological polar surface area (TPSA) is 234 Å². The van der Waals surface area contributed by atoms with Crippen LogP contribution in [-0.2, 0) is 33.2 Å². The van der Waals surface area contributed by atoms with Crippen LogP contribution < -0.4 is 0 Å². The lowest BCUT2D eigenvalue weighted by Crippen LogP contribution is -2.65. The minimum atomic E-state index is -1.95. The van der Waals surface area contributed by atoms with Crippen molar-refractivity contribution >= 4 is 5.97 Å². The molecule has 14 atom stereocenters. The third kappa shape index (κ3) is 5.30. The first kappa shape index (κ1) is 26.6. The monoisotopic (exact) mass is 486 g/mol. The second-order valence-corrected chi connectivity index (χ2v) is 8.09. The van der Waals surface area contributed by atoms with Gasteiger partial charge in [-0.15, -0.1) is 0 Å². The molecular weight excluding hydrogens is 456 g/mol. The summed E-state index contributed by atoms with van der Waals surface area (Å²) < 4.78 is 31.0. The Balaban J connectivity index is 1.75. The lowest BCUT2D eigenvalue weighted by atomic mass is 9.98. The lowest BCUT2D eigenvalue weighted by molar-refractivity contribution is -0.377. The maximum Gasteiger partial charge on any atom is 0.337 e. The SMILES string of the molecule is COC(=O)[C@H]1OC(O)[C@H](O[C@@H]2OC[C@@H](O)[C@H](O)[C@H]2O[C@@H]2O[C@@H](C)[C@H](O)[C@@H](O)[C@H]2O)[C@@H](O)[C@@H]1O. The zero-order valence-electron chi connectivity index (χ0n) is 17.7. The van der Waals surface area contributed by atoms with E-state index in [2.05, 4.69) is 4.74 Å². The zero-order valence-corrected chi connectivity index (χ0v) is 17.7. The highest BCUT2D eigenvalue weighted by molar-refractivity contribution is 5.75. The molecule has 0 saturated carbocycles. The molecule has 33 heavy (non-hydrogen) atoms. The Labute approximate surface area is 187 Å². The molecule has 3 rings (SSSR count). The van der Waals surface area contributed by atoms with E-state index in [1.54, 1.807) is 0 Å². The van der Waals surface area contributed by atoms with Crippen LogP contribution >= 0.6 is 0 Å². The molecule has 3 fully saturated rings. The number of aliphatic hydroxyl groups is 8. The van der Waals surface area contributed by atoms with Crippen LogP contribution in [0.4, 0.5) is 0 Å². The summed E-state index contributed by atoms with van der Waals surface area (Å²) in [5.41, 5.74) is 0. The van der Waals surface area contributed by atoms with Crippen molar-refractivity contribution in [1.29, 1.82) is 0 Å². The Hall–Kier alpha value is -1.05. The van der Waals surface area contributed by atoms with Crippen molar-refractivity contribution in [3.05, 3.63) is 0 Å². The molecule has 3 aliphatic rings. The fourth-order valence-electron chi connectivity index (χ4n) is 3.77. The van der Waals surface area contributed by atoms with Crippen molar-refractivity contribution in [2.24, 2.45) is 0 Å². The van der Waals surface area contributed by atoms with Crippen LogP contribution in [0, 0.1) is 0 Å². The number of hydrogen-bond acceptors (Lipinski definition) is 15. The Morgan fingerprint density at radius 2 is 1.39 bits per heavy atom. The summed E-state index contributed by atoms with van der Waals surface area (Å²) in [5, 5.41) is 81.1. The third-order valence-electron chi connectivity index (χ3n) is 5.82. The van der Waals surface area contributed by atoms with Gasteiger partial charge >= 0.3 is 5.97 Å². The standard InChI is InChI=1S/C18H30O15/c1-4-6(20)8(22)11(25)17(30-4)33-14-7(21)5(19)3-29-18(14)32-13-10(24)9(23)12(15(26)28-2)31-16(13)27/h4-14,16-25,27H,3H2,1-2H3/t4-,5+,6-,7-,8+,9-,10-,11+,12-,13+,14+,16?,17-,18-/m0/s1. The van der Waals surface area contributed by atoms with E-state index in [0.29, 0.717) is 0 Å². The molecule has 0 bridgehead atoms. The van der Waals surface area contributed by atoms with Gasteiger partial charge in [0.05, 0.1) is 19.8 Å². The van der Waals surface area contributed by atoms with Gasteiger partial charge in [-0.1, -0.05) is 0 Å². The molecule has 0 aliphatic carbocycles. The average molecular weight is 486 g/mol. The van der Waals surface area contributed by atoms with Crippen molar-refractivity contribution in [1.82, 2.24) is 0 Å². The van der Waals surface area contributed by atoms with E-state index in [-0.39, 0.29) is 0 Å². The number of carbonyl (C=O) groups is 1. The van der Waals surface area contributed by atoms with Gasteiger partial charge in [0.25, 0.3) is 0 Å². The summed E-state index contributed by atoms with van der Waals surface area (Å²) in [7, 11) is 1.02. The second-order valence-electron chi connectivity index (χ2n) is 8.09. The average Bonchev–Trinajstić information content (AvgIpc) is 2.79. The first-order valence-electron chi connectivity index (χ1n) is 10.2. The minimum absolute atomic E-state index is 0.454. The molecule has 0 aromatic carbocycles. The first-order chi connectivity index (χ1) is 15.5. The van der Waals surface area contributed by atoms with Gasteiger partial charge < -0.3 is 69.3 Å². The van der Waals surface area contributed by atoms with Gasteiger partial charge in [-0.3, -0.25) is 0 Å². The number of methoxy groups -OCH3 is 1. The van der Waals surface area contributed by atoms with Crippen LogP contribution in [0.2, 0.25) is 0 Å². The Kier molecular flexibility index (Phi) is 8.61. The van der Waals surface area contributed by atoms with Gasteiger partial charge in [-0.05, 0) is 6.92 Å². The van der Waals surface area contributed by atoms with E-state index >= 15 is 0 Å². The quantitative estimate of drug-likeness (QED) is 0.169. The van der Waals surface area contributed by atoms with E-state index in [1.807, 2.05) is 0 Å². The molecule has 3 saturated heterocycles. The number of ether oxygens (including phenoxy) is 6. The molecule has 0 amide bonds. The summed E-state index contributed by atoms with van der Waals surface area (Å²) in [6.07, 6.45) is -22.8. The van der Waals surface area contributed by atoms with Crippen LogP contribution in [0.15, 0.2) is 0 Å². The van der Waals surface area contributed by atoms with E-state index in [1.165, 1.54) is 6.92 Å². The van der Waals surface area contributed by atoms with Crippen molar-refractivity contribution < 1.29 is 74.1 Å². The summed E-state index contributed by atoms with van der Waals surface area (Å²) in [6, 6.07) is 0. The van der Waals surface area contributed by atoms with Gasteiger partial charge in [-0.2, -0.15) is 0 Å². The summed E-state index contributed by atoms with van der Waals surface area (Å²) in [4.78, 5) is 11.7. The molecular formula is C18H30O15. The predicted molar refractivity (Wildman–Crippen MR) is 98.8 cm³/mol. The largest absolute Gasteiger partial charge is 0.467 e. The van der Waals surface area contributed by atoms with Gasteiger partial charge in [0, 0.05) is 0 Å². The van der Waals surface area contributed by atoms with Crippen molar-refractivity contribution in [3.8, 4) is 0 Å². The van der Waals surface area contributed by atoms with E-state index in [9.17, 15) is 45.6 Å². The molecule has 192 valence electrons. The van der Waals surface area contributed by atoms with E-state index in [4.69, 9.17) is 23.7 Å². The van der Waals surface area contributed by atoms with E-state index < -0.39 is 98.6 Å². The maximum absolute atomic E-state index is 11.7. The Morgan fingerprint density at radius 1 is 0.758 bits per heavy atom.